The molecule has 144 valence electrons. The summed E-state index contributed by atoms with van der Waals surface area (Å²) >= 11 is 3.47. The molecule has 0 bridgehead atoms. The number of ether oxygens (including phenoxy) is 2. The van der Waals surface area contributed by atoms with Gasteiger partial charge in [-0.05, 0) is 63.7 Å². The van der Waals surface area contributed by atoms with Gasteiger partial charge in [0.2, 0.25) is 0 Å². The summed E-state index contributed by atoms with van der Waals surface area (Å²) in [5.74, 6) is 0.973. The summed E-state index contributed by atoms with van der Waals surface area (Å²) in [6.45, 7) is 8.85. The molecular weight excluding hydrogens is 408 g/mol. The SMILES string of the molecule is CCOc1c(Br)cc(/C=N\NC(=O)c2ccc(C(C)(C)C)cc2)cc1OC. The summed E-state index contributed by atoms with van der Waals surface area (Å²) in [6.07, 6.45) is 1.56. The first kappa shape index (κ1) is 21.0. The molecule has 2 aromatic rings. The number of amides is 1. The Bertz CT molecular complexity index is 825. The average Bonchev–Trinajstić information content (AvgIpc) is 2.63. The van der Waals surface area contributed by atoms with E-state index in [0.29, 0.717) is 23.7 Å². The number of hydrazone groups is 1. The summed E-state index contributed by atoms with van der Waals surface area (Å²) in [6, 6.07) is 11.2. The fourth-order valence-corrected chi connectivity index (χ4v) is 3.02. The maximum absolute atomic E-state index is 12.2. The lowest BCUT2D eigenvalue weighted by Crippen LogP contribution is -2.18. The van der Waals surface area contributed by atoms with Crippen LogP contribution >= 0.6 is 15.9 Å². The van der Waals surface area contributed by atoms with Crippen molar-refractivity contribution in [1.82, 2.24) is 5.43 Å². The van der Waals surface area contributed by atoms with Gasteiger partial charge in [-0.25, -0.2) is 5.43 Å². The Labute approximate surface area is 168 Å². The predicted octanol–water partition coefficient (Wildman–Crippen LogP) is 4.92. The zero-order valence-corrected chi connectivity index (χ0v) is 17.9. The van der Waals surface area contributed by atoms with E-state index < -0.39 is 0 Å². The van der Waals surface area contributed by atoms with Crippen LogP contribution in [0.5, 0.6) is 11.5 Å². The molecule has 0 aliphatic heterocycles. The van der Waals surface area contributed by atoms with E-state index in [1.165, 1.54) is 5.56 Å². The molecule has 1 N–H and O–H groups in total. The number of benzene rings is 2. The Morgan fingerprint density at radius 1 is 1.22 bits per heavy atom. The minimum absolute atomic E-state index is 0.0489. The quantitative estimate of drug-likeness (QED) is 0.520. The molecule has 2 aromatic carbocycles. The van der Waals surface area contributed by atoms with Crippen molar-refractivity contribution in [2.24, 2.45) is 5.10 Å². The fraction of sp³-hybridized carbons (Fsp3) is 0.333. The van der Waals surface area contributed by atoms with Crippen molar-refractivity contribution in [1.29, 1.82) is 0 Å². The Balaban J connectivity index is 2.08. The van der Waals surface area contributed by atoms with Gasteiger partial charge in [0.05, 0.1) is 24.4 Å². The van der Waals surface area contributed by atoms with Gasteiger partial charge in [-0.15, -0.1) is 0 Å². The third kappa shape index (κ3) is 5.57. The van der Waals surface area contributed by atoms with Gasteiger partial charge in [-0.1, -0.05) is 32.9 Å². The van der Waals surface area contributed by atoms with Gasteiger partial charge >= 0.3 is 0 Å². The third-order valence-electron chi connectivity index (χ3n) is 3.93. The Morgan fingerprint density at radius 2 is 1.89 bits per heavy atom. The topological polar surface area (TPSA) is 59.9 Å². The third-order valence-corrected chi connectivity index (χ3v) is 4.52. The summed E-state index contributed by atoms with van der Waals surface area (Å²) in [5.41, 5.74) is 5.10. The van der Waals surface area contributed by atoms with E-state index in [9.17, 15) is 4.79 Å². The highest BCUT2D eigenvalue weighted by atomic mass is 79.9. The van der Waals surface area contributed by atoms with Crippen molar-refractivity contribution < 1.29 is 14.3 Å². The van der Waals surface area contributed by atoms with E-state index in [1.807, 2.05) is 37.3 Å². The van der Waals surface area contributed by atoms with Crippen LogP contribution in [0.1, 0.15) is 49.2 Å². The first-order valence-electron chi connectivity index (χ1n) is 8.70. The zero-order chi connectivity index (χ0) is 20.0. The number of carbonyl (C=O) groups is 1. The van der Waals surface area contributed by atoms with Crippen molar-refractivity contribution in [2.45, 2.75) is 33.1 Å². The van der Waals surface area contributed by atoms with Crippen LogP contribution in [-0.2, 0) is 5.41 Å². The van der Waals surface area contributed by atoms with Gasteiger partial charge in [-0.3, -0.25) is 4.79 Å². The predicted molar refractivity (Wildman–Crippen MR) is 112 cm³/mol. The number of methoxy groups -OCH3 is 1. The molecule has 0 atom stereocenters. The van der Waals surface area contributed by atoms with Crippen LogP contribution in [0.3, 0.4) is 0 Å². The van der Waals surface area contributed by atoms with Gasteiger partial charge < -0.3 is 9.47 Å². The highest BCUT2D eigenvalue weighted by Crippen LogP contribution is 2.36. The Kier molecular flexibility index (Phi) is 7.02. The lowest BCUT2D eigenvalue weighted by Gasteiger charge is -2.18. The molecule has 2 rings (SSSR count). The largest absolute Gasteiger partial charge is 0.493 e. The maximum atomic E-state index is 12.2. The van der Waals surface area contributed by atoms with Gasteiger partial charge in [0.25, 0.3) is 5.91 Å². The van der Waals surface area contributed by atoms with Gasteiger partial charge in [0, 0.05) is 5.56 Å². The van der Waals surface area contributed by atoms with Crippen molar-refractivity contribution >= 4 is 28.1 Å². The number of nitrogens with zero attached hydrogens (tertiary/aromatic N) is 1. The summed E-state index contributed by atoms with van der Waals surface area (Å²) in [4.78, 5) is 12.2. The van der Waals surface area contributed by atoms with E-state index in [4.69, 9.17) is 9.47 Å². The van der Waals surface area contributed by atoms with Crippen molar-refractivity contribution in [3.63, 3.8) is 0 Å². The first-order valence-corrected chi connectivity index (χ1v) is 9.49. The molecule has 27 heavy (non-hydrogen) atoms. The van der Waals surface area contributed by atoms with Crippen LogP contribution in [0.15, 0.2) is 46.0 Å². The molecule has 5 nitrogen and oxygen atoms in total. The first-order chi connectivity index (χ1) is 12.8. The highest BCUT2D eigenvalue weighted by molar-refractivity contribution is 9.10. The molecule has 0 aliphatic rings. The van der Waals surface area contributed by atoms with Crippen LogP contribution in [0.4, 0.5) is 0 Å². The molecule has 0 radical (unpaired) electrons. The van der Waals surface area contributed by atoms with Crippen molar-refractivity contribution in [3.05, 3.63) is 57.6 Å². The molecule has 0 fully saturated rings. The van der Waals surface area contributed by atoms with Crippen LogP contribution in [0, 0.1) is 0 Å². The van der Waals surface area contributed by atoms with Crippen LogP contribution < -0.4 is 14.9 Å². The average molecular weight is 433 g/mol. The van der Waals surface area contributed by atoms with E-state index in [-0.39, 0.29) is 11.3 Å². The molecule has 0 unspecified atom stereocenters. The smallest absolute Gasteiger partial charge is 0.271 e. The normalized spacial score (nSPS) is 11.5. The molecule has 0 saturated heterocycles. The van der Waals surface area contributed by atoms with Crippen LogP contribution in [-0.4, -0.2) is 25.8 Å². The monoisotopic (exact) mass is 432 g/mol. The number of halogens is 1. The molecular formula is C21H25BrN2O3. The maximum Gasteiger partial charge on any atom is 0.271 e. The van der Waals surface area contributed by atoms with Gasteiger partial charge in [-0.2, -0.15) is 5.10 Å². The van der Waals surface area contributed by atoms with Crippen molar-refractivity contribution in [2.75, 3.05) is 13.7 Å². The number of hydrogen-bond acceptors (Lipinski definition) is 4. The highest BCUT2D eigenvalue weighted by Gasteiger charge is 2.14. The van der Waals surface area contributed by atoms with E-state index in [1.54, 1.807) is 19.4 Å². The van der Waals surface area contributed by atoms with Gasteiger partial charge in [0.15, 0.2) is 11.5 Å². The lowest BCUT2D eigenvalue weighted by molar-refractivity contribution is 0.0955. The summed E-state index contributed by atoms with van der Waals surface area (Å²) in [5, 5.41) is 4.04. The standard InChI is InChI=1S/C21H25BrN2O3/c1-6-27-19-17(22)11-14(12-18(19)26-5)13-23-24-20(25)15-7-9-16(10-8-15)21(2,3)4/h7-13H,6H2,1-5H3,(H,24,25)/b23-13-. The van der Waals surface area contributed by atoms with Gasteiger partial charge in [0.1, 0.15) is 0 Å². The molecule has 0 aromatic heterocycles. The second kappa shape index (κ2) is 9.04. The minimum Gasteiger partial charge on any atom is -0.493 e. The van der Waals surface area contributed by atoms with Crippen LogP contribution in [0.25, 0.3) is 0 Å². The number of carbonyl (C=O) groups excluding carboxylic acids is 1. The lowest BCUT2D eigenvalue weighted by atomic mass is 9.87. The van der Waals surface area contributed by atoms with E-state index in [2.05, 4.69) is 47.2 Å². The Hall–Kier alpha value is -2.34. The van der Waals surface area contributed by atoms with Crippen LogP contribution in [0.2, 0.25) is 0 Å². The van der Waals surface area contributed by atoms with E-state index >= 15 is 0 Å². The molecule has 0 aliphatic carbocycles. The number of rotatable bonds is 6. The second-order valence-corrected chi connectivity index (χ2v) is 7.85. The fourth-order valence-electron chi connectivity index (χ4n) is 2.45. The zero-order valence-electron chi connectivity index (χ0n) is 16.3. The molecule has 0 heterocycles. The Morgan fingerprint density at radius 3 is 2.44 bits per heavy atom. The summed E-state index contributed by atoms with van der Waals surface area (Å²) < 4.78 is 11.7. The molecule has 0 spiro atoms. The number of nitrogens with one attached hydrogen (secondary N) is 1. The van der Waals surface area contributed by atoms with Crippen molar-refractivity contribution in [3.8, 4) is 11.5 Å². The molecule has 6 heteroatoms. The van der Waals surface area contributed by atoms with E-state index in [0.717, 1.165) is 10.0 Å². The second-order valence-electron chi connectivity index (χ2n) is 6.99. The number of hydrogen-bond donors (Lipinski definition) is 1. The molecule has 1 amide bonds. The summed E-state index contributed by atoms with van der Waals surface area (Å²) in [7, 11) is 1.58. The minimum atomic E-state index is -0.260. The molecule has 0 saturated carbocycles.